The van der Waals surface area contributed by atoms with Crippen molar-refractivity contribution in [2.24, 2.45) is 23.7 Å². The summed E-state index contributed by atoms with van der Waals surface area (Å²) in [5.74, 6) is -3.19. The van der Waals surface area contributed by atoms with Gasteiger partial charge in [0.15, 0.2) is 0 Å². The number of carboxylic acids is 1. The fourth-order valence-corrected chi connectivity index (χ4v) is 4.93. The van der Waals surface area contributed by atoms with Gasteiger partial charge >= 0.3 is 64.2 Å². The molecule has 0 aromatic carbocycles. The molecule has 0 saturated heterocycles. The molecule has 2 aliphatic rings. The summed E-state index contributed by atoms with van der Waals surface area (Å²) in [6, 6.07) is 0. The third kappa shape index (κ3) is 6.62. The van der Waals surface area contributed by atoms with Crippen LogP contribution < -0.4 is 63.3 Å². The van der Waals surface area contributed by atoms with Gasteiger partial charge in [-0.25, -0.2) is 0 Å². The molecule has 0 spiro atoms. The second kappa shape index (κ2) is 12.4. The number of aliphatic carboxylic acids is 1. The smallest absolute Gasteiger partial charge is 0.550 e. The molecule has 2 aliphatic carbocycles. The molecule has 23 heavy (non-hydrogen) atoms. The van der Waals surface area contributed by atoms with Crippen LogP contribution >= 0.6 is 11.8 Å². The number of esters is 1. The van der Waals surface area contributed by atoms with Gasteiger partial charge in [0.25, 0.3) is 0 Å². The Morgan fingerprint density at radius 2 is 1.91 bits per heavy atom. The van der Waals surface area contributed by atoms with Crippen molar-refractivity contribution in [1.29, 1.82) is 0 Å². The third-order valence-corrected chi connectivity index (χ3v) is 5.50. The standard InChI is InChI=1S/C13H17F2O4S.CH4.Rb.Y/c1-2-20-8-4-6-3-7(8)11(10(6)12(16)17)13(18)19-5-9(14)15;;;/h6-8,10-11H,2-5H2,1H3,(H,16,17);1H4;;/q-1;;+1;/p-1. The fourth-order valence-electron chi connectivity index (χ4n) is 3.59. The van der Waals surface area contributed by atoms with E-state index in [4.69, 9.17) is 0 Å². The summed E-state index contributed by atoms with van der Waals surface area (Å²) in [5, 5.41) is 11.4. The van der Waals surface area contributed by atoms with Crippen molar-refractivity contribution in [3.63, 3.8) is 0 Å². The summed E-state index contributed by atoms with van der Waals surface area (Å²) in [6.45, 7) is 0.936. The Morgan fingerprint density at radius 3 is 2.39 bits per heavy atom. The average molecular weight is 497 g/mol. The first-order chi connectivity index (χ1) is 9.45. The molecule has 2 rings (SSSR count). The summed E-state index contributed by atoms with van der Waals surface area (Å²) < 4.78 is 28.6. The van der Waals surface area contributed by atoms with Crippen LogP contribution in [0.3, 0.4) is 0 Å². The molecular weight excluding hydrogens is 477 g/mol. The van der Waals surface area contributed by atoms with E-state index in [1.165, 1.54) is 0 Å². The number of hydrogen-bond donors (Lipinski definition) is 0. The zero-order valence-corrected chi connectivity index (χ0v) is 21.2. The van der Waals surface area contributed by atoms with Gasteiger partial charge in [-0.05, 0) is 30.4 Å². The molecule has 0 aliphatic heterocycles. The van der Waals surface area contributed by atoms with Crippen molar-refractivity contribution in [2.75, 3.05) is 12.4 Å². The van der Waals surface area contributed by atoms with Crippen LogP contribution in [0.25, 0.3) is 0 Å². The summed E-state index contributed by atoms with van der Waals surface area (Å²) in [5.41, 5.74) is 0. The zero-order chi connectivity index (χ0) is 14.9. The maximum atomic E-state index is 12.0. The number of hydrogen-bond acceptors (Lipinski definition) is 5. The van der Waals surface area contributed by atoms with E-state index in [2.05, 4.69) is 4.74 Å². The van der Waals surface area contributed by atoms with Gasteiger partial charge in [0.05, 0.1) is 5.92 Å². The van der Waals surface area contributed by atoms with Crippen LogP contribution in [0.1, 0.15) is 27.2 Å². The minimum absolute atomic E-state index is 0. The molecule has 0 amide bonds. The molecule has 2 saturated carbocycles. The van der Waals surface area contributed by atoms with Crippen LogP contribution in [-0.2, 0) is 47.0 Å². The predicted molar refractivity (Wildman–Crippen MR) is 73.3 cm³/mol. The second-order valence-corrected chi connectivity index (χ2v) is 6.72. The molecule has 2 bridgehead atoms. The fraction of sp³-hybridized carbons (Fsp3) is 0.786. The molecule has 0 N–H and O–H groups in total. The molecule has 2 fully saturated rings. The Hall–Kier alpha value is 2.06. The van der Waals surface area contributed by atoms with Crippen molar-refractivity contribution < 1.29 is 119 Å². The maximum Gasteiger partial charge on any atom is 1.00 e. The average Bonchev–Trinajstić information content (AvgIpc) is 2.93. The van der Waals surface area contributed by atoms with Gasteiger partial charge in [0.2, 0.25) is 0 Å². The van der Waals surface area contributed by atoms with Crippen molar-refractivity contribution >= 4 is 23.7 Å². The Bertz CT molecular complexity index is 403. The summed E-state index contributed by atoms with van der Waals surface area (Å²) >= 11 is 1.69. The van der Waals surface area contributed by atoms with E-state index in [1.54, 1.807) is 11.8 Å². The van der Waals surface area contributed by atoms with Gasteiger partial charge in [-0.1, -0.05) is 14.4 Å². The predicted octanol–water partition coefficient (Wildman–Crippen LogP) is -1.26. The Labute approximate surface area is 214 Å². The SMILES string of the molecule is C.CCSC1CC2CC1C(C(=O)OC[C-](F)F)C2C(=O)[O-].[Rb+].[Y]. The first kappa shape index (κ1) is 27.3. The third-order valence-electron chi connectivity index (χ3n) is 4.19. The summed E-state index contributed by atoms with van der Waals surface area (Å²) in [6.07, 6.45) is -0.612. The van der Waals surface area contributed by atoms with Crippen LogP contribution in [-0.4, -0.2) is 29.5 Å². The molecule has 0 aromatic rings. The molecule has 0 heterocycles. The number of fused-ring (bicyclic) bond motifs is 2. The number of thioether (sulfide) groups is 1. The molecule has 9 heteroatoms. The van der Waals surface area contributed by atoms with Gasteiger partial charge in [0.1, 0.15) is 0 Å². The number of carbonyl (C=O) groups excluding carboxylic acids is 2. The van der Waals surface area contributed by atoms with Crippen LogP contribution in [0.15, 0.2) is 0 Å². The minimum Gasteiger partial charge on any atom is -0.550 e. The molecule has 5 atom stereocenters. The molecule has 5 unspecified atom stereocenters. The summed E-state index contributed by atoms with van der Waals surface area (Å²) in [4.78, 5) is 23.2. The van der Waals surface area contributed by atoms with E-state index in [0.717, 1.165) is 12.2 Å². The molecule has 0 aromatic heterocycles. The number of rotatable bonds is 6. The maximum absolute atomic E-state index is 12.0. The minimum atomic E-state index is -1.99. The number of halogens is 2. The van der Waals surface area contributed by atoms with E-state index in [-0.39, 0.29) is 115 Å². The van der Waals surface area contributed by atoms with Crippen LogP contribution in [0, 0.1) is 30.1 Å². The van der Waals surface area contributed by atoms with Gasteiger partial charge in [0, 0.05) is 62.9 Å². The molecular formula is C14H20F2O4RbSY-. The van der Waals surface area contributed by atoms with Gasteiger partial charge in [-0.15, -0.1) is 0 Å². The van der Waals surface area contributed by atoms with Gasteiger partial charge in [-0.3, -0.25) is 4.79 Å². The molecule has 4 nitrogen and oxygen atoms in total. The zero-order valence-electron chi connectivity index (χ0n) is 12.6. The van der Waals surface area contributed by atoms with Crippen LogP contribution in [0.4, 0.5) is 8.78 Å². The van der Waals surface area contributed by atoms with E-state index in [1.807, 2.05) is 6.92 Å². The summed E-state index contributed by atoms with van der Waals surface area (Å²) in [7, 11) is 0. The monoisotopic (exact) mass is 496 g/mol. The number of carbonyl (C=O) groups is 2. The van der Waals surface area contributed by atoms with Crippen molar-refractivity contribution in [2.45, 2.75) is 32.4 Å². The Balaban J connectivity index is 0. The van der Waals surface area contributed by atoms with Crippen molar-refractivity contribution in [3.05, 3.63) is 6.43 Å². The van der Waals surface area contributed by atoms with E-state index in [0.29, 0.717) is 6.42 Å². The van der Waals surface area contributed by atoms with Crippen LogP contribution in [0.5, 0.6) is 0 Å². The van der Waals surface area contributed by atoms with Crippen molar-refractivity contribution in [3.8, 4) is 0 Å². The van der Waals surface area contributed by atoms with E-state index >= 15 is 0 Å². The first-order valence-corrected chi connectivity index (χ1v) is 7.66. The number of carboxylic acid groups (broad SMARTS) is 1. The largest absolute Gasteiger partial charge is 1.00 e. The van der Waals surface area contributed by atoms with E-state index < -0.39 is 36.8 Å². The molecule has 125 valence electrons. The van der Waals surface area contributed by atoms with Gasteiger partial charge < -0.3 is 23.4 Å². The normalized spacial score (nSPS) is 30.9. The number of ether oxygens (including phenoxy) is 1. The van der Waals surface area contributed by atoms with E-state index in [9.17, 15) is 23.5 Å². The van der Waals surface area contributed by atoms with Crippen LogP contribution in [0.2, 0.25) is 0 Å². The quantitative estimate of drug-likeness (QED) is 0.339. The Morgan fingerprint density at radius 1 is 1.30 bits per heavy atom. The topological polar surface area (TPSA) is 66.4 Å². The Kier molecular flexibility index (Phi) is 14.8. The first-order valence-electron chi connectivity index (χ1n) is 6.61. The van der Waals surface area contributed by atoms with Crippen molar-refractivity contribution in [1.82, 2.24) is 0 Å². The van der Waals surface area contributed by atoms with Gasteiger partial charge in [-0.2, -0.15) is 11.8 Å². The second-order valence-electron chi connectivity index (χ2n) is 5.21. The molecule has 1 radical (unpaired) electrons.